The number of rotatable bonds is 5. The van der Waals surface area contributed by atoms with Gasteiger partial charge in [0.25, 0.3) is 0 Å². The number of para-hydroxylation sites is 1. The Labute approximate surface area is 124 Å². The zero-order valence-corrected chi connectivity index (χ0v) is 13.5. The first-order valence-corrected chi connectivity index (χ1v) is 7.84. The van der Waals surface area contributed by atoms with E-state index in [0.717, 1.165) is 13.1 Å². The maximum absolute atomic E-state index is 2.49. The standard InChI is InChI=1S/C19H27N/c1-6-12-20(7-2)18-11-9-8-10-17(18)19-15(4)13-14(3)16(19)5/h8-11,13-14H,6-7,12H2,1-5H3. The lowest BCUT2D eigenvalue weighted by molar-refractivity contribution is 0.790. The Bertz CT molecular complexity index is 536. The van der Waals surface area contributed by atoms with Crippen molar-refractivity contribution in [3.8, 4) is 0 Å². The van der Waals surface area contributed by atoms with E-state index in [1.165, 1.54) is 34.4 Å². The van der Waals surface area contributed by atoms with E-state index in [1.807, 2.05) is 0 Å². The molecule has 2 rings (SSSR count). The van der Waals surface area contributed by atoms with E-state index in [9.17, 15) is 0 Å². The van der Waals surface area contributed by atoms with Gasteiger partial charge < -0.3 is 4.90 Å². The topological polar surface area (TPSA) is 3.24 Å². The third-order valence-electron chi connectivity index (χ3n) is 4.36. The predicted molar refractivity (Wildman–Crippen MR) is 90.1 cm³/mol. The van der Waals surface area contributed by atoms with Gasteiger partial charge in [-0.05, 0) is 50.3 Å². The zero-order valence-electron chi connectivity index (χ0n) is 13.5. The minimum absolute atomic E-state index is 0.569. The highest BCUT2D eigenvalue weighted by Gasteiger charge is 2.21. The van der Waals surface area contributed by atoms with Crippen molar-refractivity contribution >= 4 is 11.3 Å². The zero-order chi connectivity index (χ0) is 14.7. The normalized spacial score (nSPS) is 18.4. The van der Waals surface area contributed by atoms with E-state index in [1.54, 1.807) is 0 Å². The predicted octanol–water partition coefficient (Wildman–Crippen LogP) is 5.29. The first-order valence-electron chi connectivity index (χ1n) is 7.84. The van der Waals surface area contributed by atoms with Crippen LogP contribution < -0.4 is 4.90 Å². The van der Waals surface area contributed by atoms with Crippen molar-refractivity contribution in [2.45, 2.75) is 41.0 Å². The summed E-state index contributed by atoms with van der Waals surface area (Å²) >= 11 is 0. The molecule has 0 bridgehead atoms. The molecule has 1 heteroatoms. The molecule has 0 aromatic heterocycles. The van der Waals surface area contributed by atoms with E-state index in [0.29, 0.717) is 5.92 Å². The van der Waals surface area contributed by atoms with Crippen molar-refractivity contribution in [1.29, 1.82) is 0 Å². The molecule has 1 aromatic rings. The van der Waals surface area contributed by atoms with Gasteiger partial charge in [-0.15, -0.1) is 0 Å². The summed E-state index contributed by atoms with van der Waals surface area (Å²) in [5, 5.41) is 0. The molecule has 0 heterocycles. The van der Waals surface area contributed by atoms with Crippen LogP contribution in [0.4, 0.5) is 5.69 Å². The first kappa shape index (κ1) is 14.9. The summed E-state index contributed by atoms with van der Waals surface area (Å²) in [6, 6.07) is 8.87. The highest BCUT2D eigenvalue weighted by atomic mass is 15.1. The summed E-state index contributed by atoms with van der Waals surface area (Å²) in [5.74, 6) is 0.569. The Morgan fingerprint density at radius 2 is 1.80 bits per heavy atom. The second kappa shape index (κ2) is 6.30. The van der Waals surface area contributed by atoms with Crippen LogP contribution in [-0.4, -0.2) is 13.1 Å². The van der Waals surface area contributed by atoms with Crippen LogP contribution in [0.5, 0.6) is 0 Å². The lowest BCUT2D eigenvalue weighted by Crippen LogP contribution is -2.24. The van der Waals surface area contributed by atoms with Gasteiger partial charge in [-0.1, -0.05) is 43.7 Å². The van der Waals surface area contributed by atoms with Crippen molar-refractivity contribution < 1.29 is 0 Å². The largest absolute Gasteiger partial charge is 0.371 e. The third-order valence-corrected chi connectivity index (χ3v) is 4.36. The SMILES string of the molecule is CCCN(CC)c1ccccc1C1=C(C)C(C)C=C1C. The molecule has 1 aliphatic carbocycles. The Morgan fingerprint density at radius 1 is 1.10 bits per heavy atom. The minimum atomic E-state index is 0.569. The van der Waals surface area contributed by atoms with Crippen LogP contribution in [0.3, 0.4) is 0 Å². The van der Waals surface area contributed by atoms with Crippen LogP contribution in [0.1, 0.15) is 46.6 Å². The minimum Gasteiger partial charge on any atom is -0.371 e. The molecule has 0 fully saturated rings. The number of hydrogen-bond acceptors (Lipinski definition) is 1. The Hall–Kier alpha value is -1.50. The van der Waals surface area contributed by atoms with Crippen LogP contribution in [-0.2, 0) is 0 Å². The maximum Gasteiger partial charge on any atom is 0.0445 e. The van der Waals surface area contributed by atoms with E-state index < -0.39 is 0 Å². The molecule has 1 aromatic carbocycles. The van der Waals surface area contributed by atoms with E-state index >= 15 is 0 Å². The molecule has 0 saturated heterocycles. The Morgan fingerprint density at radius 3 is 2.35 bits per heavy atom. The molecular weight excluding hydrogens is 242 g/mol. The van der Waals surface area contributed by atoms with Crippen molar-refractivity contribution in [2.75, 3.05) is 18.0 Å². The lowest BCUT2D eigenvalue weighted by atomic mass is 9.95. The molecule has 0 aliphatic heterocycles. The average Bonchev–Trinajstić information content (AvgIpc) is 2.70. The second-order valence-corrected chi connectivity index (χ2v) is 5.79. The molecule has 0 radical (unpaired) electrons. The van der Waals surface area contributed by atoms with E-state index in [4.69, 9.17) is 0 Å². The van der Waals surface area contributed by atoms with Crippen LogP contribution >= 0.6 is 0 Å². The summed E-state index contributed by atoms with van der Waals surface area (Å²) in [6.07, 6.45) is 3.57. The van der Waals surface area contributed by atoms with Gasteiger partial charge in [0.2, 0.25) is 0 Å². The van der Waals surface area contributed by atoms with Crippen molar-refractivity contribution in [3.05, 3.63) is 47.1 Å². The Kier molecular flexibility index (Phi) is 4.69. The lowest BCUT2D eigenvalue weighted by Gasteiger charge is -2.26. The van der Waals surface area contributed by atoms with Gasteiger partial charge in [0.15, 0.2) is 0 Å². The van der Waals surface area contributed by atoms with Crippen molar-refractivity contribution in [2.24, 2.45) is 5.92 Å². The van der Waals surface area contributed by atoms with Gasteiger partial charge in [-0.3, -0.25) is 0 Å². The summed E-state index contributed by atoms with van der Waals surface area (Å²) < 4.78 is 0. The van der Waals surface area contributed by atoms with Gasteiger partial charge in [-0.2, -0.15) is 0 Å². The summed E-state index contributed by atoms with van der Waals surface area (Å²) in [6.45, 7) is 13.5. The molecule has 108 valence electrons. The molecular formula is C19H27N. The fourth-order valence-electron chi connectivity index (χ4n) is 3.23. The van der Waals surface area contributed by atoms with Gasteiger partial charge in [-0.25, -0.2) is 0 Å². The van der Waals surface area contributed by atoms with Crippen LogP contribution in [0, 0.1) is 5.92 Å². The molecule has 1 atom stereocenters. The molecule has 0 spiro atoms. The molecule has 0 amide bonds. The number of allylic oxidation sites excluding steroid dienone is 4. The fraction of sp³-hybridized carbons (Fsp3) is 0.474. The summed E-state index contributed by atoms with van der Waals surface area (Å²) in [7, 11) is 0. The van der Waals surface area contributed by atoms with Gasteiger partial charge in [0.1, 0.15) is 0 Å². The van der Waals surface area contributed by atoms with E-state index in [2.05, 4.69) is 69.9 Å². The van der Waals surface area contributed by atoms with Crippen LogP contribution in [0.15, 0.2) is 41.5 Å². The monoisotopic (exact) mass is 269 g/mol. The maximum atomic E-state index is 2.49. The highest BCUT2D eigenvalue weighted by molar-refractivity contribution is 5.89. The molecule has 0 saturated carbocycles. The number of anilines is 1. The summed E-state index contributed by atoms with van der Waals surface area (Å²) in [5.41, 5.74) is 7.17. The molecule has 20 heavy (non-hydrogen) atoms. The van der Waals surface area contributed by atoms with Crippen LogP contribution in [0.25, 0.3) is 5.57 Å². The summed E-state index contributed by atoms with van der Waals surface area (Å²) in [4.78, 5) is 2.49. The smallest absolute Gasteiger partial charge is 0.0445 e. The van der Waals surface area contributed by atoms with Crippen molar-refractivity contribution in [1.82, 2.24) is 0 Å². The molecule has 1 unspecified atom stereocenters. The number of nitrogens with zero attached hydrogens (tertiary/aromatic N) is 1. The fourth-order valence-corrected chi connectivity index (χ4v) is 3.23. The number of hydrogen-bond donors (Lipinski definition) is 0. The first-order chi connectivity index (χ1) is 9.60. The van der Waals surface area contributed by atoms with Gasteiger partial charge >= 0.3 is 0 Å². The van der Waals surface area contributed by atoms with Crippen molar-refractivity contribution in [3.63, 3.8) is 0 Å². The average molecular weight is 269 g/mol. The molecule has 0 N–H and O–H groups in total. The van der Waals surface area contributed by atoms with Gasteiger partial charge in [0.05, 0.1) is 0 Å². The molecule has 1 aliphatic rings. The molecule has 1 nitrogen and oxygen atoms in total. The third kappa shape index (κ3) is 2.67. The highest BCUT2D eigenvalue weighted by Crippen LogP contribution is 2.40. The van der Waals surface area contributed by atoms with E-state index in [-0.39, 0.29) is 0 Å². The quantitative estimate of drug-likeness (QED) is 0.701. The second-order valence-electron chi connectivity index (χ2n) is 5.79. The Balaban J connectivity index is 2.51. The number of benzene rings is 1. The van der Waals surface area contributed by atoms with Gasteiger partial charge in [0, 0.05) is 24.3 Å². The van der Waals surface area contributed by atoms with Crippen LogP contribution in [0.2, 0.25) is 0 Å².